The fourth-order valence-corrected chi connectivity index (χ4v) is 3.34. The van der Waals surface area contributed by atoms with Crippen LogP contribution in [0, 0.1) is 6.92 Å². The van der Waals surface area contributed by atoms with Crippen molar-refractivity contribution in [2.24, 2.45) is 7.05 Å². The lowest BCUT2D eigenvalue weighted by Crippen LogP contribution is -2.32. The average Bonchev–Trinajstić information content (AvgIpc) is 2.97. The van der Waals surface area contributed by atoms with Gasteiger partial charge in [-0.25, -0.2) is 0 Å². The Bertz CT molecular complexity index is 651. The van der Waals surface area contributed by atoms with Crippen molar-refractivity contribution in [3.63, 3.8) is 0 Å². The lowest BCUT2D eigenvalue weighted by molar-refractivity contribution is -0.143. The summed E-state index contributed by atoms with van der Waals surface area (Å²) in [4.78, 5) is 11.7. The summed E-state index contributed by atoms with van der Waals surface area (Å²) in [5.41, 5.74) is 2.24. The Labute approximate surface area is 112 Å². The van der Waals surface area contributed by atoms with Gasteiger partial charge in [0, 0.05) is 12.4 Å². The van der Waals surface area contributed by atoms with Crippen LogP contribution in [0.2, 0.25) is 0 Å². The van der Waals surface area contributed by atoms with E-state index < -0.39 is 11.4 Å². The van der Waals surface area contributed by atoms with Gasteiger partial charge in [0.1, 0.15) is 0 Å². The normalized spacial score (nSPS) is 18.0. The van der Waals surface area contributed by atoms with E-state index >= 15 is 0 Å². The zero-order valence-electron chi connectivity index (χ0n) is 11.3. The molecular formula is C15H18N2O2. The van der Waals surface area contributed by atoms with E-state index in [4.69, 9.17) is 0 Å². The van der Waals surface area contributed by atoms with Crippen molar-refractivity contribution < 1.29 is 9.90 Å². The molecule has 0 amide bonds. The van der Waals surface area contributed by atoms with Crippen molar-refractivity contribution in [1.29, 1.82) is 0 Å². The molecule has 0 saturated heterocycles. The highest BCUT2D eigenvalue weighted by atomic mass is 16.4. The SMILES string of the molecule is Cc1nn(C)c2cc(C3(C(=O)O)CCCC3)ccc12. The topological polar surface area (TPSA) is 55.1 Å². The Morgan fingerprint density at radius 3 is 2.68 bits per heavy atom. The van der Waals surface area contributed by atoms with Gasteiger partial charge in [-0.1, -0.05) is 25.0 Å². The average molecular weight is 258 g/mol. The minimum atomic E-state index is -0.691. The second-order valence-electron chi connectivity index (χ2n) is 5.54. The molecule has 3 rings (SSSR count). The number of rotatable bonds is 2. The Kier molecular flexibility index (Phi) is 2.62. The summed E-state index contributed by atoms with van der Waals surface area (Å²) in [6.07, 6.45) is 3.47. The number of aryl methyl sites for hydroxylation is 2. The maximum atomic E-state index is 11.7. The monoisotopic (exact) mass is 258 g/mol. The third kappa shape index (κ3) is 1.66. The molecule has 1 aromatic carbocycles. The standard InChI is InChI=1S/C15H18N2O2/c1-10-12-6-5-11(9-13(12)17(2)16-10)15(14(18)19)7-3-4-8-15/h5-6,9H,3-4,7-8H2,1-2H3,(H,18,19). The second kappa shape index (κ2) is 4.08. The first-order valence-electron chi connectivity index (χ1n) is 6.72. The van der Waals surface area contributed by atoms with Crippen molar-refractivity contribution in [3.8, 4) is 0 Å². The van der Waals surface area contributed by atoms with E-state index in [2.05, 4.69) is 5.10 Å². The lowest BCUT2D eigenvalue weighted by atomic mass is 9.78. The molecule has 0 radical (unpaired) electrons. The van der Waals surface area contributed by atoms with Gasteiger partial charge in [0.15, 0.2) is 0 Å². The molecule has 0 spiro atoms. The predicted octanol–water partition coefficient (Wildman–Crippen LogP) is 2.78. The van der Waals surface area contributed by atoms with Crippen LogP contribution in [-0.2, 0) is 17.3 Å². The molecule has 100 valence electrons. The van der Waals surface area contributed by atoms with Gasteiger partial charge in [-0.05, 0) is 31.4 Å². The molecule has 4 nitrogen and oxygen atoms in total. The Morgan fingerprint density at radius 2 is 2.05 bits per heavy atom. The molecule has 1 aliphatic carbocycles. The molecule has 1 heterocycles. The highest BCUT2D eigenvalue weighted by Crippen LogP contribution is 2.42. The quantitative estimate of drug-likeness (QED) is 0.901. The van der Waals surface area contributed by atoms with Crippen LogP contribution in [-0.4, -0.2) is 20.9 Å². The number of aliphatic carboxylic acids is 1. The van der Waals surface area contributed by atoms with E-state index in [1.54, 1.807) is 0 Å². The molecule has 0 atom stereocenters. The molecule has 1 saturated carbocycles. The van der Waals surface area contributed by atoms with E-state index in [-0.39, 0.29) is 0 Å². The molecule has 1 N–H and O–H groups in total. The second-order valence-corrected chi connectivity index (χ2v) is 5.54. The number of aromatic nitrogens is 2. The molecule has 4 heteroatoms. The van der Waals surface area contributed by atoms with E-state index in [9.17, 15) is 9.90 Å². The molecule has 1 aromatic heterocycles. The summed E-state index contributed by atoms with van der Waals surface area (Å²) < 4.78 is 1.83. The van der Waals surface area contributed by atoms with Crippen LogP contribution in [0.1, 0.15) is 36.9 Å². The summed E-state index contributed by atoms with van der Waals surface area (Å²) in [5, 5.41) is 15.1. The maximum absolute atomic E-state index is 11.7. The molecule has 19 heavy (non-hydrogen) atoms. The van der Waals surface area contributed by atoms with Gasteiger partial charge < -0.3 is 5.11 Å². The van der Waals surface area contributed by atoms with Crippen molar-refractivity contribution in [1.82, 2.24) is 9.78 Å². The highest BCUT2D eigenvalue weighted by molar-refractivity contribution is 5.87. The van der Waals surface area contributed by atoms with E-state index in [0.717, 1.165) is 47.8 Å². The molecule has 1 aliphatic rings. The first kappa shape index (κ1) is 12.2. The van der Waals surface area contributed by atoms with Crippen LogP contribution >= 0.6 is 0 Å². The first-order chi connectivity index (χ1) is 9.04. The minimum Gasteiger partial charge on any atom is -0.481 e. The summed E-state index contributed by atoms with van der Waals surface area (Å²) in [5.74, 6) is -0.691. The summed E-state index contributed by atoms with van der Waals surface area (Å²) in [7, 11) is 1.90. The largest absolute Gasteiger partial charge is 0.481 e. The van der Waals surface area contributed by atoms with Gasteiger partial charge in [-0.15, -0.1) is 0 Å². The number of carbonyl (C=O) groups is 1. The lowest BCUT2D eigenvalue weighted by Gasteiger charge is -2.24. The number of hydrogen-bond acceptors (Lipinski definition) is 2. The van der Waals surface area contributed by atoms with Crippen molar-refractivity contribution >= 4 is 16.9 Å². The molecular weight excluding hydrogens is 240 g/mol. The van der Waals surface area contributed by atoms with E-state index in [1.165, 1.54) is 0 Å². The van der Waals surface area contributed by atoms with E-state index in [1.807, 2.05) is 36.9 Å². The summed E-state index contributed by atoms with van der Waals surface area (Å²) in [6.45, 7) is 1.98. The van der Waals surface area contributed by atoms with Gasteiger partial charge in [0.2, 0.25) is 0 Å². The molecule has 1 fully saturated rings. The van der Waals surface area contributed by atoms with Gasteiger partial charge in [0.05, 0.1) is 16.6 Å². The molecule has 0 unspecified atom stereocenters. The van der Waals surface area contributed by atoms with Crippen LogP contribution in [0.3, 0.4) is 0 Å². The maximum Gasteiger partial charge on any atom is 0.314 e. The third-order valence-corrected chi connectivity index (χ3v) is 4.46. The van der Waals surface area contributed by atoms with Crippen molar-refractivity contribution in [2.75, 3.05) is 0 Å². The minimum absolute atomic E-state index is 0.688. The van der Waals surface area contributed by atoms with Crippen molar-refractivity contribution in [2.45, 2.75) is 38.0 Å². The molecule has 2 aromatic rings. The Morgan fingerprint density at radius 1 is 1.37 bits per heavy atom. The first-order valence-corrected chi connectivity index (χ1v) is 6.72. The van der Waals surface area contributed by atoms with Crippen LogP contribution in [0.15, 0.2) is 18.2 Å². The van der Waals surface area contributed by atoms with Crippen molar-refractivity contribution in [3.05, 3.63) is 29.5 Å². The van der Waals surface area contributed by atoms with Gasteiger partial charge >= 0.3 is 5.97 Å². The van der Waals surface area contributed by atoms with Crippen LogP contribution in [0.25, 0.3) is 10.9 Å². The smallest absolute Gasteiger partial charge is 0.314 e. The molecule has 0 aliphatic heterocycles. The highest BCUT2D eigenvalue weighted by Gasteiger charge is 2.43. The fraction of sp³-hybridized carbons (Fsp3) is 0.467. The van der Waals surface area contributed by atoms with Crippen LogP contribution < -0.4 is 0 Å². The zero-order valence-corrected chi connectivity index (χ0v) is 11.3. The number of carboxylic acids is 1. The van der Waals surface area contributed by atoms with Gasteiger partial charge in [-0.2, -0.15) is 5.10 Å². The summed E-state index contributed by atoms with van der Waals surface area (Å²) in [6, 6.07) is 5.99. The number of benzene rings is 1. The Hall–Kier alpha value is -1.84. The molecule has 0 bridgehead atoms. The van der Waals surface area contributed by atoms with E-state index in [0.29, 0.717) is 0 Å². The summed E-state index contributed by atoms with van der Waals surface area (Å²) >= 11 is 0. The van der Waals surface area contributed by atoms with Crippen LogP contribution in [0.4, 0.5) is 0 Å². The predicted molar refractivity (Wildman–Crippen MR) is 73.2 cm³/mol. The van der Waals surface area contributed by atoms with Crippen LogP contribution in [0.5, 0.6) is 0 Å². The van der Waals surface area contributed by atoms with Gasteiger partial charge in [0.25, 0.3) is 0 Å². The number of fused-ring (bicyclic) bond motifs is 1. The number of hydrogen-bond donors (Lipinski definition) is 1. The number of carboxylic acid groups (broad SMARTS) is 1. The Balaban J connectivity index is 2.20. The van der Waals surface area contributed by atoms with Gasteiger partial charge in [-0.3, -0.25) is 9.48 Å². The third-order valence-electron chi connectivity index (χ3n) is 4.46. The number of nitrogens with zero attached hydrogens (tertiary/aromatic N) is 2. The zero-order chi connectivity index (χ0) is 13.6. The fourth-order valence-electron chi connectivity index (χ4n) is 3.34.